The normalized spacial score (nSPS) is 24.7. The first-order chi connectivity index (χ1) is 13.0. The Hall–Kier alpha value is -2.37. The van der Waals surface area contributed by atoms with E-state index >= 15 is 0 Å². The molecule has 2 aromatic rings. The van der Waals surface area contributed by atoms with E-state index in [-0.39, 0.29) is 11.9 Å². The lowest BCUT2D eigenvalue weighted by Gasteiger charge is -2.29. The van der Waals surface area contributed by atoms with Crippen LogP contribution in [0.1, 0.15) is 30.0 Å². The number of imide groups is 1. The summed E-state index contributed by atoms with van der Waals surface area (Å²) in [6.45, 7) is 4.02. The van der Waals surface area contributed by atoms with Gasteiger partial charge in [0.15, 0.2) is 6.67 Å². The average molecular weight is 385 g/mol. The SMILES string of the molecule is CC[C@]1(c2cccc(Cl)c2)NC(=O)N(C[NH+]2CCc3ccccc3C2)C1=O. The first kappa shape index (κ1) is 18.0. The second-order valence-corrected chi connectivity index (χ2v) is 7.72. The lowest BCUT2D eigenvalue weighted by atomic mass is 9.87. The first-order valence-electron chi connectivity index (χ1n) is 9.34. The van der Waals surface area contributed by atoms with Crippen molar-refractivity contribution in [2.24, 2.45) is 0 Å². The van der Waals surface area contributed by atoms with Crippen LogP contribution in [0.5, 0.6) is 0 Å². The number of carbonyl (C=O) groups is 2. The molecule has 2 N–H and O–H groups in total. The lowest BCUT2D eigenvalue weighted by Crippen LogP contribution is -3.13. The van der Waals surface area contributed by atoms with Gasteiger partial charge in [0.25, 0.3) is 5.91 Å². The third-order valence-electron chi connectivity index (χ3n) is 5.71. The highest BCUT2D eigenvalue weighted by Gasteiger charge is 2.52. The smallest absolute Gasteiger partial charge is 0.319 e. The third-order valence-corrected chi connectivity index (χ3v) is 5.95. The van der Waals surface area contributed by atoms with Crippen LogP contribution in [0.15, 0.2) is 48.5 Å². The van der Waals surface area contributed by atoms with E-state index in [0.29, 0.717) is 18.1 Å². The van der Waals surface area contributed by atoms with Gasteiger partial charge >= 0.3 is 6.03 Å². The van der Waals surface area contributed by atoms with E-state index in [1.165, 1.54) is 20.9 Å². The number of hydrogen-bond donors (Lipinski definition) is 2. The highest BCUT2D eigenvalue weighted by Crippen LogP contribution is 2.33. The highest BCUT2D eigenvalue weighted by atomic mass is 35.5. The number of quaternary nitrogens is 1. The maximum absolute atomic E-state index is 13.3. The van der Waals surface area contributed by atoms with Gasteiger partial charge in [0.2, 0.25) is 0 Å². The van der Waals surface area contributed by atoms with Gasteiger partial charge in [0.05, 0.1) is 6.54 Å². The van der Waals surface area contributed by atoms with Gasteiger partial charge in [-0.3, -0.25) is 4.79 Å². The molecule has 1 unspecified atom stereocenters. The van der Waals surface area contributed by atoms with E-state index in [1.54, 1.807) is 12.1 Å². The van der Waals surface area contributed by atoms with Crippen LogP contribution in [0.25, 0.3) is 0 Å². The number of hydrogen-bond acceptors (Lipinski definition) is 2. The number of nitrogens with zero attached hydrogens (tertiary/aromatic N) is 1. The average Bonchev–Trinajstić information content (AvgIpc) is 2.93. The van der Waals surface area contributed by atoms with Gasteiger partial charge in [-0.05, 0) is 29.7 Å². The topological polar surface area (TPSA) is 53.9 Å². The fourth-order valence-corrected chi connectivity index (χ4v) is 4.35. The second kappa shape index (κ2) is 6.98. The van der Waals surface area contributed by atoms with Crippen LogP contribution in [-0.4, -0.2) is 30.1 Å². The Morgan fingerprint density at radius 1 is 1.15 bits per heavy atom. The Morgan fingerprint density at radius 2 is 1.93 bits per heavy atom. The zero-order valence-electron chi connectivity index (χ0n) is 15.3. The number of carbonyl (C=O) groups excluding carboxylic acids is 2. The summed E-state index contributed by atoms with van der Waals surface area (Å²) >= 11 is 6.12. The maximum atomic E-state index is 13.3. The molecule has 0 radical (unpaired) electrons. The summed E-state index contributed by atoms with van der Waals surface area (Å²) in [5, 5.41) is 3.49. The Labute approximate surface area is 163 Å². The number of fused-ring (bicyclic) bond motifs is 1. The van der Waals surface area contributed by atoms with Crippen molar-refractivity contribution >= 4 is 23.5 Å². The van der Waals surface area contributed by atoms with Gasteiger partial charge in [-0.15, -0.1) is 0 Å². The molecule has 0 saturated carbocycles. The monoisotopic (exact) mass is 384 g/mol. The number of amides is 3. The van der Waals surface area contributed by atoms with Crippen molar-refractivity contribution in [1.82, 2.24) is 10.2 Å². The zero-order valence-corrected chi connectivity index (χ0v) is 16.1. The van der Waals surface area contributed by atoms with Crippen LogP contribution in [0.3, 0.4) is 0 Å². The van der Waals surface area contributed by atoms with Crippen LogP contribution in [0.4, 0.5) is 4.79 Å². The van der Waals surface area contributed by atoms with Crippen LogP contribution in [0, 0.1) is 0 Å². The molecule has 2 aliphatic heterocycles. The Morgan fingerprint density at radius 3 is 2.67 bits per heavy atom. The molecule has 140 valence electrons. The Balaban J connectivity index is 1.56. The second-order valence-electron chi connectivity index (χ2n) is 7.29. The summed E-state index contributed by atoms with van der Waals surface area (Å²) in [5.41, 5.74) is 2.36. The summed E-state index contributed by atoms with van der Waals surface area (Å²) in [6.07, 6.45) is 1.44. The molecule has 27 heavy (non-hydrogen) atoms. The summed E-state index contributed by atoms with van der Waals surface area (Å²) < 4.78 is 0. The molecule has 0 aromatic heterocycles. The number of nitrogens with one attached hydrogen (secondary N) is 2. The number of benzene rings is 2. The molecular weight excluding hydrogens is 362 g/mol. The first-order valence-corrected chi connectivity index (χ1v) is 9.72. The maximum Gasteiger partial charge on any atom is 0.329 e. The van der Waals surface area contributed by atoms with Crippen LogP contribution in [-0.2, 0) is 23.3 Å². The number of halogens is 1. The molecule has 2 aliphatic rings. The predicted octanol–water partition coefficient (Wildman–Crippen LogP) is 2.10. The lowest BCUT2D eigenvalue weighted by molar-refractivity contribution is -0.923. The van der Waals surface area contributed by atoms with E-state index < -0.39 is 5.54 Å². The summed E-state index contributed by atoms with van der Waals surface area (Å²) in [6, 6.07) is 15.2. The number of urea groups is 1. The van der Waals surface area contributed by atoms with E-state index in [0.717, 1.165) is 25.1 Å². The van der Waals surface area contributed by atoms with Gasteiger partial charge in [0.1, 0.15) is 12.1 Å². The van der Waals surface area contributed by atoms with Gasteiger partial charge in [-0.25, -0.2) is 9.69 Å². The highest BCUT2D eigenvalue weighted by molar-refractivity contribution is 6.30. The van der Waals surface area contributed by atoms with Crippen molar-refractivity contribution in [3.8, 4) is 0 Å². The number of rotatable bonds is 4. The van der Waals surface area contributed by atoms with E-state index in [1.807, 2.05) is 25.1 Å². The largest absolute Gasteiger partial charge is 0.329 e. The van der Waals surface area contributed by atoms with Crippen molar-refractivity contribution in [2.75, 3.05) is 13.2 Å². The third kappa shape index (κ3) is 3.11. The van der Waals surface area contributed by atoms with Crippen LogP contribution < -0.4 is 10.2 Å². The van der Waals surface area contributed by atoms with Gasteiger partial charge < -0.3 is 10.2 Å². The minimum Gasteiger partial charge on any atom is -0.319 e. The van der Waals surface area contributed by atoms with E-state index in [9.17, 15) is 9.59 Å². The molecule has 0 spiro atoms. The molecule has 2 atom stereocenters. The van der Waals surface area contributed by atoms with Crippen molar-refractivity contribution in [1.29, 1.82) is 0 Å². The fourth-order valence-electron chi connectivity index (χ4n) is 4.16. The molecule has 0 bridgehead atoms. The van der Waals surface area contributed by atoms with Gasteiger partial charge in [-0.1, -0.05) is 54.9 Å². The van der Waals surface area contributed by atoms with E-state index in [2.05, 4.69) is 23.5 Å². The standard InChI is InChI=1S/C21H22ClN3O2/c1-2-21(17-8-5-9-18(22)12-17)19(26)25(20(27)23-21)14-24-11-10-15-6-3-4-7-16(15)13-24/h3-9,12H,2,10-11,13-14H2,1H3,(H,23,27)/p+1/t21-/m1/s1. The van der Waals surface area contributed by atoms with Crippen molar-refractivity contribution in [2.45, 2.75) is 31.8 Å². The van der Waals surface area contributed by atoms with Gasteiger partial charge in [-0.2, -0.15) is 0 Å². The van der Waals surface area contributed by atoms with Crippen molar-refractivity contribution in [3.63, 3.8) is 0 Å². The molecule has 0 aliphatic carbocycles. The fraction of sp³-hybridized carbons (Fsp3) is 0.333. The molecule has 2 aromatic carbocycles. The Bertz CT molecular complexity index is 901. The predicted molar refractivity (Wildman–Crippen MR) is 103 cm³/mol. The minimum atomic E-state index is -1.03. The molecular formula is C21H23ClN3O2+. The summed E-state index contributed by atoms with van der Waals surface area (Å²) in [7, 11) is 0. The molecule has 1 fully saturated rings. The molecule has 4 rings (SSSR count). The quantitative estimate of drug-likeness (QED) is 0.793. The molecule has 3 amide bonds. The van der Waals surface area contributed by atoms with Crippen molar-refractivity contribution < 1.29 is 14.5 Å². The molecule has 6 heteroatoms. The van der Waals surface area contributed by atoms with E-state index in [4.69, 9.17) is 11.6 Å². The molecule has 2 heterocycles. The summed E-state index contributed by atoms with van der Waals surface area (Å²) in [4.78, 5) is 28.6. The van der Waals surface area contributed by atoms with Crippen molar-refractivity contribution in [3.05, 3.63) is 70.2 Å². The Kier molecular flexibility index (Phi) is 4.66. The van der Waals surface area contributed by atoms with Crippen LogP contribution >= 0.6 is 11.6 Å². The van der Waals surface area contributed by atoms with Crippen LogP contribution in [0.2, 0.25) is 5.02 Å². The zero-order chi connectivity index (χ0) is 19.0. The van der Waals surface area contributed by atoms with Gasteiger partial charge in [0, 0.05) is 17.0 Å². The molecule has 5 nitrogen and oxygen atoms in total. The minimum absolute atomic E-state index is 0.191. The summed E-state index contributed by atoms with van der Waals surface area (Å²) in [5.74, 6) is -0.191. The molecule has 1 saturated heterocycles.